The Morgan fingerprint density at radius 3 is 2.76 bits per heavy atom. The third-order valence-corrected chi connectivity index (χ3v) is 4.32. The standard InChI is InChI=1S/C16H24ClN3O/c1-19(12-13-5-4-6-14(17)9-13)15(11-18)10-16(21)20-7-2-3-8-20/h4-6,9,15H,2-3,7-8,10-12,18H2,1H3. The van der Waals surface area contributed by atoms with Gasteiger partial charge in [-0.2, -0.15) is 0 Å². The fourth-order valence-electron chi connectivity index (χ4n) is 2.77. The van der Waals surface area contributed by atoms with Gasteiger partial charge in [-0.25, -0.2) is 0 Å². The molecule has 1 aromatic rings. The summed E-state index contributed by atoms with van der Waals surface area (Å²) < 4.78 is 0. The topological polar surface area (TPSA) is 49.6 Å². The van der Waals surface area contributed by atoms with E-state index >= 15 is 0 Å². The minimum Gasteiger partial charge on any atom is -0.343 e. The molecule has 1 saturated heterocycles. The number of carbonyl (C=O) groups is 1. The predicted molar refractivity (Wildman–Crippen MR) is 86.2 cm³/mol. The quantitative estimate of drug-likeness (QED) is 0.875. The van der Waals surface area contributed by atoms with Crippen molar-refractivity contribution in [2.75, 3.05) is 26.7 Å². The highest BCUT2D eigenvalue weighted by molar-refractivity contribution is 6.30. The number of rotatable bonds is 6. The summed E-state index contributed by atoms with van der Waals surface area (Å²) >= 11 is 6.01. The summed E-state index contributed by atoms with van der Waals surface area (Å²) in [7, 11) is 2.01. The number of hydrogen-bond donors (Lipinski definition) is 1. The van der Waals surface area contributed by atoms with Crippen molar-refractivity contribution in [3.63, 3.8) is 0 Å². The molecule has 0 saturated carbocycles. The number of carbonyl (C=O) groups excluding carboxylic acids is 1. The molecule has 1 fully saturated rings. The fourth-order valence-corrected chi connectivity index (χ4v) is 2.98. The maximum atomic E-state index is 12.2. The highest BCUT2D eigenvalue weighted by Gasteiger charge is 2.23. The van der Waals surface area contributed by atoms with Crippen LogP contribution in [0.15, 0.2) is 24.3 Å². The molecule has 0 aliphatic carbocycles. The van der Waals surface area contributed by atoms with Gasteiger partial charge >= 0.3 is 0 Å². The van der Waals surface area contributed by atoms with Crippen LogP contribution < -0.4 is 5.73 Å². The smallest absolute Gasteiger partial charge is 0.224 e. The SMILES string of the molecule is CN(Cc1cccc(Cl)c1)C(CN)CC(=O)N1CCCC1. The summed E-state index contributed by atoms with van der Waals surface area (Å²) in [4.78, 5) is 16.3. The maximum absolute atomic E-state index is 12.2. The summed E-state index contributed by atoms with van der Waals surface area (Å²) in [6, 6.07) is 7.87. The van der Waals surface area contributed by atoms with Crippen LogP contribution in [-0.4, -0.2) is 48.4 Å². The molecule has 0 radical (unpaired) electrons. The maximum Gasteiger partial charge on any atom is 0.224 e. The molecule has 21 heavy (non-hydrogen) atoms. The average molecular weight is 310 g/mol. The highest BCUT2D eigenvalue weighted by atomic mass is 35.5. The zero-order chi connectivity index (χ0) is 15.2. The van der Waals surface area contributed by atoms with Crippen LogP contribution in [0, 0.1) is 0 Å². The first kappa shape index (κ1) is 16.3. The molecule has 4 nitrogen and oxygen atoms in total. The first-order chi connectivity index (χ1) is 10.1. The Labute approximate surface area is 131 Å². The van der Waals surface area contributed by atoms with E-state index in [1.807, 2.05) is 36.2 Å². The predicted octanol–water partition coefficient (Wildman–Crippen LogP) is 2.11. The zero-order valence-corrected chi connectivity index (χ0v) is 13.4. The van der Waals surface area contributed by atoms with Crippen LogP contribution in [0.25, 0.3) is 0 Å². The Morgan fingerprint density at radius 1 is 1.43 bits per heavy atom. The second kappa shape index (κ2) is 7.78. The molecule has 1 atom stereocenters. The first-order valence-electron chi connectivity index (χ1n) is 7.52. The Bertz CT molecular complexity index is 474. The Hall–Kier alpha value is -1.10. The number of hydrogen-bond acceptors (Lipinski definition) is 3. The van der Waals surface area contributed by atoms with Gasteiger partial charge in [0, 0.05) is 43.7 Å². The molecule has 0 bridgehead atoms. The van der Waals surface area contributed by atoms with Gasteiger partial charge in [0.25, 0.3) is 0 Å². The second-order valence-corrected chi connectivity index (χ2v) is 6.16. The lowest BCUT2D eigenvalue weighted by atomic mass is 10.1. The number of likely N-dealkylation sites (N-methyl/N-ethyl adjacent to an activating group) is 1. The van der Waals surface area contributed by atoms with Crippen molar-refractivity contribution in [1.82, 2.24) is 9.80 Å². The number of nitrogens with zero attached hydrogens (tertiary/aromatic N) is 2. The van der Waals surface area contributed by atoms with Crippen LogP contribution in [0.1, 0.15) is 24.8 Å². The lowest BCUT2D eigenvalue weighted by molar-refractivity contribution is -0.131. The molecular weight excluding hydrogens is 286 g/mol. The lowest BCUT2D eigenvalue weighted by Crippen LogP contribution is -2.42. The summed E-state index contributed by atoms with van der Waals surface area (Å²) in [5.41, 5.74) is 7.00. The van der Waals surface area contributed by atoms with Crippen molar-refractivity contribution >= 4 is 17.5 Å². The summed E-state index contributed by atoms with van der Waals surface area (Å²) in [5, 5.41) is 0.735. The molecular formula is C16H24ClN3O. The molecule has 1 heterocycles. The van der Waals surface area contributed by atoms with E-state index in [1.165, 1.54) is 0 Å². The zero-order valence-electron chi connectivity index (χ0n) is 12.6. The fraction of sp³-hybridized carbons (Fsp3) is 0.562. The summed E-state index contributed by atoms with van der Waals surface area (Å²) in [5.74, 6) is 0.223. The highest BCUT2D eigenvalue weighted by Crippen LogP contribution is 2.15. The first-order valence-corrected chi connectivity index (χ1v) is 7.90. The van der Waals surface area contributed by atoms with Gasteiger partial charge in [-0.1, -0.05) is 23.7 Å². The van der Waals surface area contributed by atoms with E-state index in [0.29, 0.717) is 13.0 Å². The number of nitrogens with two attached hydrogens (primary N) is 1. The van der Waals surface area contributed by atoms with Gasteiger partial charge in [0.1, 0.15) is 0 Å². The van der Waals surface area contributed by atoms with E-state index < -0.39 is 0 Å². The molecule has 2 N–H and O–H groups in total. The molecule has 0 spiro atoms. The number of amides is 1. The number of benzene rings is 1. The van der Waals surface area contributed by atoms with Gasteiger partial charge in [-0.15, -0.1) is 0 Å². The molecule has 2 rings (SSSR count). The second-order valence-electron chi connectivity index (χ2n) is 5.73. The molecule has 116 valence electrons. The van der Waals surface area contributed by atoms with E-state index in [9.17, 15) is 4.79 Å². The van der Waals surface area contributed by atoms with E-state index in [4.69, 9.17) is 17.3 Å². The summed E-state index contributed by atoms with van der Waals surface area (Å²) in [6.45, 7) is 3.02. The van der Waals surface area contributed by atoms with E-state index in [1.54, 1.807) is 0 Å². The van der Waals surface area contributed by atoms with E-state index in [0.717, 1.165) is 43.1 Å². The van der Waals surface area contributed by atoms with Crippen LogP contribution in [0.5, 0.6) is 0 Å². The van der Waals surface area contributed by atoms with Crippen molar-refractivity contribution in [3.8, 4) is 0 Å². The van der Waals surface area contributed by atoms with Crippen LogP contribution in [-0.2, 0) is 11.3 Å². The number of halogens is 1. The third-order valence-electron chi connectivity index (χ3n) is 4.09. The minimum atomic E-state index is 0.0667. The molecule has 1 aromatic carbocycles. The van der Waals surface area contributed by atoms with E-state index in [-0.39, 0.29) is 11.9 Å². The van der Waals surface area contributed by atoms with Crippen LogP contribution in [0.3, 0.4) is 0 Å². The minimum absolute atomic E-state index is 0.0667. The van der Waals surface area contributed by atoms with Gasteiger partial charge in [-0.3, -0.25) is 9.69 Å². The Balaban J connectivity index is 1.91. The van der Waals surface area contributed by atoms with Gasteiger partial charge < -0.3 is 10.6 Å². The normalized spacial score (nSPS) is 16.5. The van der Waals surface area contributed by atoms with Crippen molar-refractivity contribution in [2.24, 2.45) is 5.73 Å². The van der Waals surface area contributed by atoms with Gasteiger partial charge in [0.2, 0.25) is 5.91 Å². The van der Waals surface area contributed by atoms with Crippen LogP contribution in [0.4, 0.5) is 0 Å². The monoisotopic (exact) mass is 309 g/mol. The molecule has 1 unspecified atom stereocenters. The third kappa shape index (κ3) is 4.70. The van der Waals surface area contributed by atoms with Crippen LogP contribution in [0.2, 0.25) is 5.02 Å². The largest absolute Gasteiger partial charge is 0.343 e. The Kier molecular flexibility index (Phi) is 6.03. The van der Waals surface area contributed by atoms with Gasteiger partial charge in [-0.05, 0) is 37.6 Å². The lowest BCUT2D eigenvalue weighted by Gasteiger charge is -2.28. The van der Waals surface area contributed by atoms with Crippen molar-refractivity contribution < 1.29 is 4.79 Å². The van der Waals surface area contributed by atoms with Gasteiger partial charge in [0.15, 0.2) is 0 Å². The molecule has 1 aliphatic heterocycles. The Morgan fingerprint density at radius 2 is 2.14 bits per heavy atom. The molecule has 5 heteroatoms. The summed E-state index contributed by atoms with van der Waals surface area (Å²) in [6.07, 6.45) is 2.74. The number of likely N-dealkylation sites (tertiary alicyclic amines) is 1. The van der Waals surface area contributed by atoms with Gasteiger partial charge in [0.05, 0.1) is 0 Å². The molecule has 1 aliphatic rings. The van der Waals surface area contributed by atoms with Crippen molar-refractivity contribution in [3.05, 3.63) is 34.9 Å². The van der Waals surface area contributed by atoms with Crippen molar-refractivity contribution in [2.45, 2.75) is 31.8 Å². The van der Waals surface area contributed by atoms with Crippen molar-refractivity contribution in [1.29, 1.82) is 0 Å². The van der Waals surface area contributed by atoms with E-state index in [2.05, 4.69) is 4.90 Å². The van der Waals surface area contributed by atoms with Crippen LogP contribution >= 0.6 is 11.6 Å². The molecule has 1 amide bonds. The average Bonchev–Trinajstić information content (AvgIpc) is 2.98. The molecule has 0 aromatic heterocycles.